The predicted molar refractivity (Wildman–Crippen MR) is 129 cm³/mol. The first-order valence-electron chi connectivity index (χ1n) is 10.7. The molecule has 2 heterocycles. The number of piperidine rings is 1. The molecule has 32 heavy (non-hydrogen) atoms. The van der Waals surface area contributed by atoms with Crippen molar-refractivity contribution in [1.29, 1.82) is 0 Å². The number of sulfonamides is 1. The van der Waals surface area contributed by atoms with Crippen LogP contribution in [0.1, 0.15) is 18.4 Å². The monoisotopic (exact) mass is 469 g/mol. The number of carbonyl (C=O) groups excluding carboxylic acids is 1. The highest BCUT2D eigenvalue weighted by molar-refractivity contribution is 7.88. The lowest BCUT2D eigenvalue weighted by molar-refractivity contribution is -0.123. The van der Waals surface area contributed by atoms with Gasteiger partial charge in [0.1, 0.15) is 0 Å². The maximum absolute atomic E-state index is 13.6. The van der Waals surface area contributed by atoms with E-state index in [0.717, 1.165) is 16.8 Å². The van der Waals surface area contributed by atoms with Gasteiger partial charge in [-0.2, -0.15) is 0 Å². The van der Waals surface area contributed by atoms with E-state index in [1.807, 2.05) is 66.0 Å². The first kappa shape index (κ1) is 22.6. The van der Waals surface area contributed by atoms with Gasteiger partial charge in [0.25, 0.3) is 0 Å². The molecule has 4 rings (SSSR count). The number of amides is 1. The Kier molecular flexibility index (Phi) is 7.03. The first-order chi connectivity index (χ1) is 15.4. The summed E-state index contributed by atoms with van der Waals surface area (Å²) in [4.78, 5) is 20.1. The standard InChI is InChI=1S/C24H27N3O3S2/c1-32(29,30)26-15-8-13-21(17-26)23(28)27(16-14-19-9-4-2-5-10-19)24-25-22(18-31-24)20-11-6-3-7-12-20/h2-7,9-12,18,21H,8,13-17H2,1H3. The van der Waals surface area contributed by atoms with Crippen LogP contribution >= 0.6 is 11.3 Å². The van der Waals surface area contributed by atoms with Crippen LogP contribution in [0.3, 0.4) is 0 Å². The average Bonchev–Trinajstić information content (AvgIpc) is 3.30. The van der Waals surface area contributed by atoms with Crippen molar-refractivity contribution < 1.29 is 13.2 Å². The van der Waals surface area contributed by atoms with Gasteiger partial charge in [-0.3, -0.25) is 9.69 Å². The molecule has 1 saturated heterocycles. The van der Waals surface area contributed by atoms with Crippen molar-refractivity contribution in [2.75, 3.05) is 30.8 Å². The number of hydrogen-bond donors (Lipinski definition) is 0. The van der Waals surface area contributed by atoms with E-state index >= 15 is 0 Å². The van der Waals surface area contributed by atoms with E-state index in [9.17, 15) is 13.2 Å². The largest absolute Gasteiger partial charge is 0.288 e. The van der Waals surface area contributed by atoms with E-state index < -0.39 is 10.0 Å². The second-order valence-corrected chi connectivity index (χ2v) is 10.9. The maximum Gasteiger partial charge on any atom is 0.233 e. The fourth-order valence-corrected chi connectivity index (χ4v) is 5.76. The first-order valence-corrected chi connectivity index (χ1v) is 13.5. The van der Waals surface area contributed by atoms with Crippen molar-refractivity contribution in [2.45, 2.75) is 19.3 Å². The van der Waals surface area contributed by atoms with Crippen LogP contribution in [0.25, 0.3) is 11.3 Å². The summed E-state index contributed by atoms with van der Waals surface area (Å²) in [5.41, 5.74) is 2.99. The molecule has 6 nitrogen and oxygen atoms in total. The SMILES string of the molecule is CS(=O)(=O)N1CCCC(C(=O)N(CCc2ccccc2)c2nc(-c3ccccc3)cs2)C1. The summed E-state index contributed by atoms with van der Waals surface area (Å²) in [5.74, 6) is -0.415. The summed E-state index contributed by atoms with van der Waals surface area (Å²) in [6, 6.07) is 19.9. The van der Waals surface area contributed by atoms with Crippen LogP contribution in [0.2, 0.25) is 0 Å². The van der Waals surface area contributed by atoms with Crippen LogP contribution in [0.4, 0.5) is 5.13 Å². The van der Waals surface area contributed by atoms with Crippen LogP contribution in [-0.2, 0) is 21.2 Å². The highest BCUT2D eigenvalue weighted by Gasteiger charge is 2.34. The fourth-order valence-electron chi connectivity index (χ4n) is 3.98. The summed E-state index contributed by atoms with van der Waals surface area (Å²) in [6.45, 7) is 1.21. The van der Waals surface area contributed by atoms with Gasteiger partial charge in [0.05, 0.1) is 17.9 Å². The van der Waals surface area contributed by atoms with Crippen molar-refractivity contribution in [3.05, 3.63) is 71.6 Å². The van der Waals surface area contributed by atoms with Gasteiger partial charge in [-0.15, -0.1) is 11.3 Å². The van der Waals surface area contributed by atoms with Gasteiger partial charge in [-0.25, -0.2) is 17.7 Å². The summed E-state index contributed by atoms with van der Waals surface area (Å²) < 4.78 is 25.5. The topological polar surface area (TPSA) is 70.6 Å². The molecule has 1 aliphatic rings. The van der Waals surface area contributed by atoms with Gasteiger partial charge in [0.15, 0.2) is 5.13 Å². The molecule has 3 aromatic rings. The van der Waals surface area contributed by atoms with E-state index in [2.05, 4.69) is 0 Å². The Morgan fingerprint density at radius 2 is 1.81 bits per heavy atom. The molecular weight excluding hydrogens is 442 g/mol. The highest BCUT2D eigenvalue weighted by Crippen LogP contribution is 2.30. The summed E-state index contributed by atoms with van der Waals surface area (Å²) in [7, 11) is -3.32. The molecule has 1 aromatic heterocycles. The zero-order valence-corrected chi connectivity index (χ0v) is 19.7. The molecule has 0 aliphatic carbocycles. The zero-order chi connectivity index (χ0) is 22.6. The summed E-state index contributed by atoms with van der Waals surface area (Å²) in [5, 5.41) is 2.62. The Bertz CT molecular complexity index is 1150. The molecule has 1 aliphatic heterocycles. The molecular formula is C24H27N3O3S2. The molecule has 1 unspecified atom stereocenters. The molecule has 8 heteroatoms. The van der Waals surface area contributed by atoms with Gasteiger partial charge in [0, 0.05) is 30.6 Å². The quantitative estimate of drug-likeness (QED) is 0.523. The average molecular weight is 470 g/mol. The minimum Gasteiger partial charge on any atom is -0.288 e. The lowest BCUT2D eigenvalue weighted by atomic mass is 9.98. The molecule has 1 atom stereocenters. The Hall–Kier alpha value is -2.55. The van der Waals surface area contributed by atoms with E-state index in [0.29, 0.717) is 37.5 Å². The van der Waals surface area contributed by atoms with Gasteiger partial charge in [0.2, 0.25) is 15.9 Å². The normalized spacial score (nSPS) is 17.2. The van der Waals surface area contributed by atoms with Crippen LogP contribution in [0.15, 0.2) is 66.0 Å². The molecule has 2 aromatic carbocycles. The number of aromatic nitrogens is 1. The van der Waals surface area contributed by atoms with Gasteiger partial charge in [-0.05, 0) is 24.8 Å². The maximum atomic E-state index is 13.6. The Labute approximate surface area is 193 Å². The molecule has 1 fully saturated rings. The molecule has 0 spiro atoms. The van der Waals surface area contributed by atoms with E-state index in [-0.39, 0.29) is 18.4 Å². The second-order valence-electron chi connectivity index (χ2n) is 8.07. The van der Waals surface area contributed by atoms with Crippen LogP contribution in [0.5, 0.6) is 0 Å². The minimum atomic E-state index is -3.32. The smallest absolute Gasteiger partial charge is 0.233 e. The van der Waals surface area contributed by atoms with Crippen molar-refractivity contribution >= 4 is 32.4 Å². The van der Waals surface area contributed by atoms with Crippen LogP contribution in [0, 0.1) is 5.92 Å². The fraction of sp³-hybridized carbons (Fsp3) is 0.333. The van der Waals surface area contributed by atoms with Crippen LogP contribution in [-0.4, -0.2) is 49.5 Å². The second kappa shape index (κ2) is 9.94. The Morgan fingerprint density at radius 3 is 2.50 bits per heavy atom. The van der Waals surface area contributed by atoms with Crippen molar-refractivity contribution in [3.63, 3.8) is 0 Å². The zero-order valence-electron chi connectivity index (χ0n) is 18.1. The third kappa shape index (κ3) is 5.43. The number of benzene rings is 2. The third-order valence-corrected chi connectivity index (χ3v) is 7.86. The van der Waals surface area contributed by atoms with E-state index in [4.69, 9.17) is 4.98 Å². The number of nitrogens with zero attached hydrogens (tertiary/aromatic N) is 3. The van der Waals surface area contributed by atoms with E-state index in [1.54, 1.807) is 4.90 Å². The summed E-state index contributed by atoms with van der Waals surface area (Å²) >= 11 is 1.45. The lowest BCUT2D eigenvalue weighted by Gasteiger charge is -2.33. The Morgan fingerprint density at radius 1 is 1.12 bits per heavy atom. The van der Waals surface area contributed by atoms with Gasteiger partial charge < -0.3 is 0 Å². The number of rotatable bonds is 7. The predicted octanol–water partition coefficient (Wildman–Crippen LogP) is 4.06. The van der Waals surface area contributed by atoms with Crippen molar-refractivity contribution in [1.82, 2.24) is 9.29 Å². The lowest BCUT2D eigenvalue weighted by Crippen LogP contribution is -2.47. The van der Waals surface area contributed by atoms with Crippen molar-refractivity contribution in [2.24, 2.45) is 5.92 Å². The number of carbonyl (C=O) groups is 1. The van der Waals surface area contributed by atoms with Gasteiger partial charge in [-0.1, -0.05) is 60.7 Å². The molecule has 0 saturated carbocycles. The minimum absolute atomic E-state index is 0.0526. The van der Waals surface area contributed by atoms with Gasteiger partial charge >= 0.3 is 0 Å². The van der Waals surface area contributed by atoms with E-state index in [1.165, 1.54) is 21.9 Å². The van der Waals surface area contributed by atoms with Crippen LogP contribution < -0.4 is 4.90 Å². The summed E-state index contributed by atoms with van der Waals surface area (Å²) in [6.07, 6.45) is 3.28. The van der Waals surface area contributed by atoms with Crippen molar-refractivity contribution in [3.8, 4) is 11.3 Å². The molecule has 0 N–H and O–H groups in total. The molecule has 168 valence electrons. The number of anilines is 1. The number of hydrogen-bond acceptors (Lipinski definition) is 5. The molecule has 1 amide bonds. The third-order valence-electron chi connectivity index (χ3n) is 5.73. The highest BCUT2D eigenvalue weighted by atomic mass is 32.2. The molecule has 0 radical (unpaired) electrons. The molecule has 0 bridgehead atoms. The Balaban J connectivity index is 1.59. The number of thiazole rings is 1.